The van der Waals surface area contributed by atoms with Gasteiger partial charge in [-0.05, 0) is 138 Å². The Morgan fingerprint density at radius 3 is 1.26 bits per heavy atom. The number of amides is 4. The Labute approximate surface area is 415 Å². The maximum Gasteiger partial charge on any atom is 0.249 e. The van der Waals surface area contributed by atoms with Crippen LogP contribution in [0.4, 0.5) is 17.5 Å². The van der Waals surface area contributed by atoms with E-state index in [0.717, 1.165) is 57.9 Å². The Kier molecular flexibility index (Phi) is 16.8. The fourth-order valence-corrected chi connectivity index (χ4v) is 8.11. The number of unbranched alkanes of at least 4 members (excludes halogenated alkanes) is 2. The Morgan fingerprint density at radius 2 is 0.819 bits per heavy atom. The highest BCUT2D eigenvalue weighted by atomic mass is 16.2. The summed E-state index contributed by atoms with van der Waals surface area (Å²) in [5.41, 5.74) is 4.95. The Hall–Kier alpha value is -8.16. The molecular weight excluding hydrogens is 913 g/mol. The second-order valence-corrected chi connectivity index (χ2v) is 17.8. The number of nitrogens with one attached hydrogen (secondary N) is 5. The molecule has 0 radical (unpaired) electrons. The lowest BCUT2D eigenvalue weighted by Gasteiger charge is -2.23. The number of rotatable bonds is 23. The lowest BCUT2D eigenvalue weighted by Crippen LogP contribution is -2.34. The number of carbonyl (C=O) groups excluding carboxylic acids is 4. The van der Waals surface area contributed by atoms with Gasteiger partial charge in [-0.25, -0.2) is 34.9 Å². The number of hydrogen-bond acceptors (Lipinski definition) is 14. The van der Waals surface area contributed by atoms with Crippen LogP contribution < -0.4 is 26.8 Å². The highest BCUT2D eigenvalue weighted by molar-refractivity contribution is 5.93. The molecule has 5 N–H and O–H groups in total. The van der Waals surface area contributed by atoms with E-state index in [0.29, 0.717) is 85.0 Å². The van der Waals surface area contributed by atoms with Crippen LogP contribution in [0.15, 0.2) is 102 Å². The molecule has 72 heavy (non-hydrogen) atoms. The van der Waals surface area contributed by atoms with Gasteiger partial charge in [-0.15, -0.1) is 0 Å². The molecule has 0 atom stereocenters. The summed E-state index contributed by atoms with van der Waals surface area (Å²) in [7, 11) is 0. The van der Waals surface area contributed by atoms with Gasteiger partial charge < -0.3 is 36.1 Å². The van der Waals surface area contributed by atoms with Gasteiger partial charge in [0.25, 0.3) is 0 Å². The van der Waals surface area contributed by atoms with Crippen molar-refractivity contribution in [2.24, 2.45) is 0 Å². The van der Waals surface area contributed by atoms with E-state index in [2.05, 4.69) is 70.9 Å². The molecule has 8 aromatic heterocycles. The van der Waals surface area contributed by atoms with Crippen LogP contribution in [0.1, 0.15) is 67.7 Å². The predicted molar refractivity (Wildman–Crippen MR) is 278 cm³/mol. The van der Waals surface area contributed by atoms with Crippen molar-refractivity contribution in [3.05, 3.63) is 130 Å². The van der Waals surface area contributed by atoms with Crippen LogP contribution in [0.5, 0.6) is 0 Å². The van der Waals surface area contributed by atoms with E-state index in [1.807, 2.05) is 87.5 Å². The largest absolute Gasteiger partial charge is 0.350 e. The molecule has 0 saturated carbocycles. The van der Waals surface area contributed by atoms with Crippen LogP contribution in [0.3, 0.4) is 0 Å². The summed E-state index contributed by atoms with van der Waals surface area (Å²) in [6, 6.07) is 29.3. The molecule has 0 unspecified atom stereocenters. The van der Waals surface area contributed by atoms with E-state index in [1.165, 1.54) is 6.07 Å². The van der Waals surface area contributed by atoms with Crippen molar-refractivity contribution in [1.82, 2.24) is 55.0 Å². The number of H-pyrrole nitrogens is 1. The summed E-state index contributed by atoms with van der Waals surface area (Å²) in [4.78, 5) is 103. The maximum atomic E-state index is 13.3. The van der Waals surface area contributed by atoms with E-state index in [9.17, 15) is 24.0 Å². The number of hydrogen-bond donors (Lipinski definition) is 5. The Balaban J connectivity index is 0.862. The van der Waals surface area contributed by atoms with Gasteiger partial charge in [0.05, 0.1) is 12.2 Å². The minimum Gasteiger partial charge on any atom is -0.350 e. The highest BCUT2D eigenvalue weighted by Gasteiger charge is 2.16. The van der Waals surface area contributed by atoms with Gasteiger partial charge in [-0.1, -0.05) is 6.42 Å². The summed E-state index contributed by atoms with van der Waals surface area (Å²) >= 11 is 0. The number of fused-ring (bicyclic) bond motifs is 4. The Bertz CT molecular complexity index is 3210. The molecule has 19 heteroatoms. The molecule has 0 aliphatic heterocycles. The molecule has 0 saturated heterocycles. The van der Waals surface area contributed by atoms with Crippen LogP contribution in [0, 0.1) is 20.8 Å². The van der Waals surface area contributed by atoms with E-state index in [4.69, 9.17) is 0 Å². The van der Waals surface area contributed by atoms with Gasteiger partial charge >= 0.3 is 0 Å². The fraction of sp³-hybridized carbons (Fsp3) is 0.321. The first-order chi connectivity index (χ1) is 34.9. The van der Waals surface area contributed by atoms with Crippen LogP contribution in [-0.4, -0.2) is 113 Å². The quantitative estimate of drug-likeness (QED) is 0.0427. The molecule has 19 nitrogen and oxygen atoms in total. The number of carbonyl (C=O) groups is 4. The third-order valence-electron chi connectivity index (χ3n) is 12.1. The number of aryl methyl sites for hydroxylation is 3. The number of anilines is 3. The molecule has 0 fully saturated rings. The minimum absolute atomic E-state index is 0.175. The molecule has 8 rings (SSSR count). The average Bonchev–Trinajstić information content (AvgIpc) is 3.36. The summed E-state index contributed by atoms with van der Waals surface area (Å²) in [6.45, 7) is 8.75. The molecule has 8 heterocycles. The fourth-order valence-electron chi connectivity index (χ4n) is 8.11. The van der Waals surface area contributed by atoms with Crippen LogP contribution in [0.25, 0.3) is 44.1 Å². The van der Waals surface area contributed by atoms with E-state index in [1.54, 1.807) is 24.3 Å². The third kappa shape index (κ3) is 14.7. The SMILES string of the molecule is Cc1ccc2ccc(NC(=O)CCN(CCCCCN(CCC(=O)Nc3ccc4ccc(C)nc4n3)CCC(=O)Nc3ccc4ccc(C)nc4n3)CCC(=O)NCc3ccc4ccc(=O)[nH]c4n3)nc2n1. The number of aromatic amines is 1. The first-order valence-corrected chi connectivity index (χ1v) is 24.2. The zero-order chi connectivity index (χ0) is 50.4. The van der Waals surface area contributed by atoms with Crippen LogP contribution >= 0.6 is 0 Å². The molecule has 0 aromatic carbocycles. The lowest BCUT2D eigenvalue weighted by molar-refractivity contribution is -0.121. The lowest BCUT2D eigenvalue weighted by atomic mass is 10.2. The summed E-state index contributed by atoms with van der Waals surface area (Å²) in [6.07, 6.45) is 3.09. The molecule has 0 spiro atoms. The van der Waals surface area contributed by atoms with Gasteiger partial charge in [0.1, 0.15) is 23.1 Å². The minimum atomic E-state index is -0.254. The smallest absolute Gasteiger partial charge is 0.249 e. The van der Waals surface area contributed by atoms with Crippen molar-refractivity contribution in [2.75, 3.05) is 55.2 Å². The zero-order valence-corrected chi connectivity index (χ0v) is 40.7. The number of nitrogens with zero attached hydrogens (tertiary/aromatic N) is 9. The van der Waals surface area contributed by atoms with Crippen molar-refractivity contribution in [3.63, 3.8) is 0 Å². The summed E-state index contributed by atoms with van der Waals surface area (Å²) in [5.74, 6) is 0.458. The molecule has 0 bridgehead atoms. The van der Waals surface area contributed by atoms with Crippen LogP contribution in [-0.2, 0) is 25.7 Å². The first-order valence-electron chi connectivity index (χ1n) is 24.2. The van der Waals surface area contributed by atoms with Crippen molar-refractivity contribution in [2.45, 2.75) is 72.3 Å². The molecule has 8 aromatic rings. The van der Waals surface area contributed by atoms with Gasteiger partial charge in [0.2, 0.25) is 29.2 Å². The molecule has 4 amide bonds. The molecule has 370 valence electrons. The Morgan fingerprint density at radius 1 is 0.431 bits per heavy atom. The predicted octanol–water partition coefficient (Wildman–Crippen LogP) is 6.54. The maximum absolute atomic E-state index is 13.3. The van der Waals surface area contributed by atoms with Crippen molar-refractivity contribution < 1.29 is 19.2 Å². The standard InChI is InChI=1S/C53H58N14O5/c1-34-7-10-37-14-19-42(62-50(37)55-34)59-47(70)24-30-66(29-23-45(68)54-33-41-18-13-40-17-22-46(69)65-53(40)58-41)27-5-4-6-28-67(31-25-48(71)60-43-20-15-38-11-8-35(2)56-51(38)63-43)32-26-49(72)61-44-21-16-39-12-9-36(3)57-52(39)64-44/h7-22H,4-6,23-33H2,1-3H3,(H,54,68)(H,58,65,69)(H,55,59,62,70)(H,56,60,63,71)(H,57,61,64,72). The van der Waals surface area contributed by atoms with Gasteiger partial charge in [0, 0.05) is 96.6 Å². The molecular formula is C53H58N14O5. The van der Waals surface area contributed by atoms with Crippen LogP contribution in [0.2, 0.25) is 0 Å². The monoisotopic (exact) mass is 970 g/mol. The van der Waals surface area contributed by atoms with Gasteiger partial charge in [0.15, 0.2) is 16.9 Å². The van der Waals surface area contributed by atoms with E-state index < -0.39 is 0 Å². The van der Waals surface area contributed by atoms with Gasteiger partial charge in [-0.3, -0.25) is 24.0 Å². The highest BCUT2D eigenvalue weighted by Crippen LogP contribution is 2.18. The first kappa shape index (κ1) is 50.2. The molecule has 0 aliphatic carbocycles. The second kappa shape index (κ2) is 24.1. The van der Waals surface area contributed by atoms with Crippen molar-refractivity contribution in [1.29, 1.82) is 0 Å². The summed E-state index contributed by atoms with van der Waals surface area (Å²) in [5, 5.41) is 15.1. The second-order valence-electron chi connectivity index (χ2n) is 17.8. The average molecular weight is 971 g/mol. The topological polar surface area (TPSA) is 246 Å². The normalized spacial score (nSPS) is 11.5. The summed E-state index contributed by atoms with van der Waals surface area (Å²) < 4.78 is 0. The van der Waals surface area contributed by atoms with Crippen molar-refractivity contribution >= 4 is 85.2 Å². The number of pyridine rings is 8. The van der Waals surface area contributed by atoms with E-state index >= 15 is 0 Å². The van der Waals surface area contributed by atoms with Gasteiger partial charge in [-0.2, -0.15) is 0 Å². The van der Waals surface area contributed by atoms with E-state index in [-0.39, 0.29) is 61.4 Å². The van der Waals surface area contributed by atoms with Crippen molar-refractivity contribution in [3.8, 4) is 0 Å². The molecule has 0 aliphatic rings. The third-order valence-corrected chi connectivity index (χ3v) is 12.1. The number of aromatic nitrogens is 8. The zero-order valence-electron chi connectivity index (χ0n) is 40.7.